The predicted molar refractivity (Wildman–Crippen MR) is 95.5 cm³/mol. The molecule has 1 amide bonds. The number of nitrogens with one attached hydrogen (secondary N) is 1. The summed E-state index contributed by atoms with van der Waals surface area (Å²) in [5.74, 6) is 0.570. The fourth-order valence-corrected chi connectivity index (χ4v) is 2.57. The van der Waals surface area contributed by atoms with Gasteiger partial charge in [0.05, 0.1) is 12.8 Å². The molecule has 0 unspecified atom stereocenters. The van der Waals surface area contributed by atoms with Crippen molar-refractivity contribution in [1.29, 1.82) is 0 Å². The summed E-state index contributed by atoms with van der Waals surface area (Å²) >= 11 is 0. The van der Waals surface area contributed by atoms with E-state index in [1.165, 1.54) is 0 Å². The zero-order chi connectivity index (χ0) is 17.6. The van der Waals surface area contributed by atoms with Crippen molar-refractivity contribution in [3.63, 3.8) is 0 Å². The summed E-state index contributed by atoms with van der Waals surface area (Å²) < 4.78 is 6.95. The maximum Gasteiger partial charge on any atom is 0.271 e. The van der Waals surface area contributed by atoms with Gasteiger partial charge in [-0.05, 0) is 30.3 Å². The van der Waals surface area contributed by atoms with E-state index in [2.05, 4.69) is 15.4 Å². The number of methoxy groups -OCH3 is 1. The van der Waals surface area contributed by atoms with Crippen molar-refractivity contribution < 1.29 is 9.53 Å². The predicted octanol–water partition coefficient (Wildman–Crippen LogP) is 2.46. The summed E-state index contributed by atoms with van der Waals surface area (Å²) in [4.78, 5) is 16.6. The Balaban J connectivity index is 1.67. The minimum absolute atomic E-state index is 0.194. The van der Waals surface area contributed by atoms with Crippen molar-refractivity contribution in [2.45, 2.75) is 6.42 Å². The molecule has 0 saturated carbocycles. The fourth-order valence-electron chi connectivity index (χ4n) is 2.57. The number of rotatable bonds is 6. The van der Waals surface area contributed by atoms with E-state index in [4.69, 9.17) is 4.74 Å². The highest BCUT2D eigenvalue weighted by atomic mass is 16.5. The third kappa shape index (κ3) is 4.03. The number of pyridine rings is 1. The summed E-state index contributed by atoms with van der Waals surface area (Å²) in [6.07, 6.45) is 2.43. The van der Waals surface area contributed by atoms with Crippen LogP contribution < -0.4 is 10.1 Å². The number of nitrogens with zero attached hydrogens (tertiary/aromatic N) is 3. The zero-order valence-corrected chi connectivity index (χ0v) is 14.3. The first kappa shape index (κ1) is 16.7. The maximum absolute atomic E-state index is 12.3. The van der Waals surface area contributed by atoms with Crippen LogP contribution in [0.5, 0.6) is 5.75 Å². The molecule has 25 heavy (non-hydrogen) atoms. The van der Waals surface area contributed by atoms with Gasteiger partial charge in [0.25, 0.3) is 5.91 Å². The number of benzene rings is 1. The molecule has 0 atom stereocenters. The van der Waals surface area contributed by atoms with Gasteiger partial charge in [-0.15, -0.1) is 0 Å². The molecule has 0 aliphatic heterocycles. The largest absolute Gasteiger partial charge is 0.497 e. The van der Waals surface area contributed by atoms with Gasteiger partial charge in [-0.2, -0.15) is 5.10 Å². The monoisotopic (exact) mass is 336 g/mol. The number of hydrogen-bond acceptors (Lipinski definition) is 4. The molecule has 6 heteroatoms. The van der Waals surface area contributed by atoms with E-state index in [1.54, 1.807) is 24.1 Å². The summed E-state index contributed by atoms with van der Waals surface area (Å²) in [5, 5.41) is 7.20. The Labute approximate surface area is 146 Å². The molecule has 0 aliphatic rings. The molecular formula is C19H20N4O2. The second-order valence-corrected chi connectivity index (χ2v) is 5.60. The lowest BCUT2D eigenvalue weighted by Gasteiger charge is -2.04. The Kier molecular flexibility index (Phi) is 5.09. The van der Waals surface area contributed by atoms with E-state index in [0.29, 0.717) is 18.7 Å². The summed E-state index contributed by atoms with van der Waals surface area (Å²) in [6.45, 7) is 0.515. The lowest BCUT2D eigenvalue weighted by molar-refractivity contribution is 0.0948. The fraction of sp³-hybridized carbons (Fsp3) is 0.211. The van der Waals surface area contributed by atoms with Gasteiger partial charge in [-0.1, -0.05) is 18.2 Å². The lowest BCUT2D eigenvalue weighted by atomic mass is 10.1. The first-order valence-electron chi connectivity index (χ1n) is 8.04. The Morgan fingerprint density at radius 2 is 2.08 bits per heavy atom. The molecule has 1 aromatic carbocycles. The van der Waals surface area contributed by atoms with Crippen LogP contribution in [-0.4, -0.2) is 34.3 Å². The summed E-state index contributed by atoms with van der Waals surface area (Å²) in [7, 11) is 3.45. The molecule has 6 nitrogen and oxygen atoms in total. The van der Waals surface area contributed by atoms with Gasteiger partial charge in [0.2, 0.25) is 0 Å². The molecular weight excluding hydrogens is 316 g/mol. The lowest BCUT2D eigenvalue weighted by Crippen LogP contribution is -2.26. The number of amides is 1. The topological polar surface area (TPSA) is 69.0 Å². The average molecular weight is 336 g/mol. The standard InChI is InChI=1S/C19H20N4O2/c1-23-18(14-6-5-8-16(12-14)25-2)13-17(22-23)19(24)21-11-9-15-7-3-4-10-20-15/h3-8,10,12-13H,9,11H2,1-2H3,(H,21,24). The summed E-state index contributed by atoms with van der Waals surface area (Å²) in [5.41, 5.74) is 3.14. The molecule has 0 spiro atoms. The van der Waals surface area contributed by atoms with Gasteiger partial charge in [0, 0.05) is 37.5 Å². The Morgan fingerprint density at radius 3 is 2.84 bits per heavy atom. The van der Waals surface area contributed by atoms with Gasteiger partial charge in [0.1, 0.15) is 5.75 Å². The van der Waals surface area contributed by atoms with E-state index in [9.17, 15) is 4.79 Å². The molecule has 2 aromatic heterocycles. The van der Waals surface area contributed by atoms with E-state index < -0.39 is 0 Å². The van der Waals surface area contributed by atoms with E-state index >= 15 is 0 Å². The molecule has 0 saturated heterocycles. The van der Waals surface area contributed by atoms with Crippen LogP contribution in [0.25, 0.3) is 11.3 Å². The third-order valence-corrected chi connectivity index (χ3v) is 3.87. The van der Waals surface area contributed by atoms with Crippen LogP contribution in [0, 0.1) is 0 Å². The van der Waals surface area contributed by atoms with Crippen molar-refractivity contribution in [2.24, 2.45) is 7.05 Å². The van der Waals surface area contributed by atoms with Gasteiger partial charge >= 0.3 is 0 Å². The first-order valence-corrected chi connectivity index (χ1v) is 8.04. The molecule has 128 valence electrons. The van der Waals surface area contributed by atoms with Gasteiger partial charge in [-0.3, -0.25) is 14.5 Å². The Morgan fingerprint density at radius 1 is 1.20 bits per heavy atom. The quantitative estimate of drug-likeness (QED) is 0.751. The van der Waals surface area contributed by atoms with E-state index in [0.717, 1.165) is 22.7 Å². The van der Waals surface area contributed by atoms with Crippen LogP contribution in [0.1, 0.15) is 16.2 Å². The maximum atomic E-state index is 12.3. The highest BCUT2D eigenvalue weighted by Crippen LogP contribution is 2.24. The smallest absolute Gasteiger partial charge is 0.271 e. The Hall–Kier alpha value is -3.15. The van der Waals surface area contributed by atoms with E-state index in [-0.39, 0.29) is 5.91 Å². The third-order valence-electron chi connectivity index (χ3n) is 3.87. The van der Waals surface area contributed by atoms with Gasteiger partial charge in [-0.25, -0.2) is 0 Å². The number of aryl methyl sites for hydroxylation is 1. The molecule has 3 aromatic rings. The van der Waals surface area contributed by atoms with Crippen LogP contribution >= 0.6 is 0 Å². The highest BCUT2D eigenvalue weighted by Gasteiger charge is 2.14. The van der Waals surface area contributed by atoms with Crippen molar-refractivity contribution in [3.8, 4) is 17.0 Å². The highest BCUT2D eigenvalue weighted by molar-refractivity contribution is 5.93. The van der Waals surface area contributed by atoms with E-state index in [1.807, 2.05) is 49.5 Å². The average Bonchev–Trinajstić information content (AvgIpc) is 3.04. The van der Waals surface area contributed by atoms with Crippen molar-refractivity contribution in [3.05, 3.63) is 66.1 Å². The van der Waals surface area contributed by atoms with Crippen LogP contribution in [0.4, 0.5) is 0 Å². The Bertz CT molecular complexity index is 859. The normalized spacial score (nSPS) is 10.5. The molecule has 1 N–H and O–H groups in total. The molecule has 3 rings (SSSR count). The number of aromatic nitrogens is 3. The first-order chi connectivity index (χ1) is 12.2. The molecule has 0 bridgehead atoms. The van der Waals surface area contributed by atoms with Gasteiger partial charge in [0.15, 0.2) is 5.69 Å². The molecule has 0 radical (unpaired) electrons. The van der Waals surface area contributed by atoms with Crippen molar-refractivity contribution in [2.75, 3.05) is 13.7 Å². The molecule has 0 aliphatic carbocycles. The van der Waals surface area contributed by atoms with Crippen LogP contribution in [0.2, 0.25) is 0 Å². The second-order valence-electron chi connectivity index (χ2n) is 5.60. The minimum atomic E-state index is -0.194. The molecule has 0 fully saturated rings. The van der Waals surface area contributed by atoms with Crippen LogP contribution in [-0.2, 0) is 13.5 Å². The number of ether oxygens (including phenoxy) is 1. The van der Waals surface area contributed by atoms with Crippen LogP contribution in [0.3, 0.4) is 0 Å². The van der Waals surface area contributed by atoms with Gasteiger partial charge < -0.3 is 10.1 Å². The second kappa shape index (κ2) is 7.61. The van der Waals surface area contributed by atoms with Crippen LogP contribution in [0.15, 0.2) is 54.7 Å². The number of carbonyl (C=O) groups is 1. The summed E-state index contributed by atoms with van der Waals surface area (Å²) in [6, 6.07) is 15.2. The molecule has 2 heterocycles. The number of carbonyl (C=O) groups excluding carboxylic acids is 1. The van der Waals surface area contributed by atoms with Crippen molar-refractivity contribution >= 4 is 5.91 Å². The zero-order valence-electron chi connectivity index (χ0n) is 14.3. The number of hydrogen-bond donors (Lipinski definition) is 1. The van der Waals surface area contributed by atoms with Crippen molar-refractivity contribution in [1.82, 2.24) is 20.1 Å². The minimum Gasteiger partial charge on any atom is -0.497 e. The SMILES string of the molecule is COc1cccc(-c2cc(C(=O)NCCc3ccccn3)nn2C)c1.